The van der Waals surface area contributed by atoms with Crippen molar-refractivity contribution in [3.05, 3.63) is 71.1 Å². The molecule has 1 heterocycles. The summed E-state index contributed by atoms with van der Waals surface area (Å²) < 4.78 is 78.8. The van der Waals surface area contributed by atoms with E-state index in [-0.39, 0.29) is 23.0 Å². The topological polar surface area (TPSA) is 167 Å². The number of likely N-dealkylation sites (N-methyl/N-ethyl adjacent to an activating group) is 1. The fourth-order valence-corrected chi connectivity index (χ4v) is 4.66. The first-order valence-electron chi connectivity index (χ1n) is 13.2. The molecule has 1 unspecified atom stereocenters. The molecule has 3 aromatic rings. The number of benzene rings is 2. The molecule has 0 aliphatic heterocycles. The summed E-state index contributed by atoms with van der Waals surface area (Å²) in [5.74, 6) is -1.13. The van der Waals surface area contributed by atoms with Gasteiger partial charge < -0.3 is 14.7 Å². The molecule has 1 amide bonds. The Bertz CT molecular complexity index is 1660. The van der Waals surface area contributed by atoms with Crippen LogP contribution in [0.1, 0.15) is 39.0 Å². The van der Waals surface area contributed by atoms with Gasteiger partial charge in [0.15, 0.2) is 11.2 Å². The molecule has 0 saturated carbocycles. The van der Waals surface area contributed by atoms with Crippen LogP contribution >= 0.6 is 0 Å². The Morgan fingerprint density at radius 3 is 2.29 bits per heavy atom. The highest BCUT2D eigenvalue weighted by atomic mass is 32.2. The van der Waals surface area contributed by atoms with Gasteiger partial charge in [-0.05, 0) is 58.0 Å². The molecule has 1 N–H and O–H groups in total. The van der Waals surface area contributed by atoms with Crippen molar-refractivity contribution in [3.63, 3.8) is 0 Å². The summed E-state index contributed by atoms with van der Waals surface area (Å²) in [6.07, 6.45) is -7.12. The number of nitrogens with zero attached hydrogens (tertiary/aromatic N) is 5. The van der Waals surface area contributed by atoms with Gasteiger partial charge in [0.2, 0.25) is 5.28 Å². The van der Waals surface area contributed by atoms with E-state index >= 15 is 0 Å². The number of hydrazine groups is 1. The number of aromatic nitrogens is 2. The number of nitrogens with one attached hydrogen (secondary N) is 1. The lowest BCUT2D eigenvalue weighted by molar-refractivity contribution is -0.718. The zero-order valence-electron chi connectivity index (χ0n) is 25.0. The minimum Gasteiger partial charge on any atom is -0.569 e. The molecule has 0 spiro atoms. The first-order chi connectivity index (χ1) is 20.9. The standard InChI is InChI=1S/C27H31F3N6O8S/c1-7-42-25(38)43-18(3)44-33-36(39)34(6)26(4,5)24(37)32-45(40,41)21-14-12-20(13-15-21)35-22(16-23(31-35)27(28,29)30)19-10-8-17(2)9-11-19/h8-16,18H,7H2,1-6H3,(H,32,37)/b36-33-. The Morgan fingerprint density at radius 2 is 1.73 bits per heavy atom. The number of ether oxygens (including phenoxy) is 2. The van der Waals surface area contributed by atoms with Gasteiger partial charge in [0, 0.05) is 12.5 Å². The van der Waals surface area contributed by atoms with Crippen LogP contribution in [0.15, 0.2) is 64.8 Å². The second-order valence-electron chi connectivity index (χ2n) is 10.0. The second kappa shape index (κ2) is 13.4. The van der Waals surface area contributed by atoms with Crippen LogP contribution in [0.4, 0.5) is 18.0 Å². The van der Waals surface area contributed by atoms with E-state index in [0.29, 0.717) is 10.6 Å². The molecule has 2 aromatic carbocycles. The van der Waals surface area contributed by atoms with Crippen molar-refractivity contribution in [2.24, 2.45) is 5.28 Å². The van der Waals surface area contributed by atoms with Crippen molar-refractivity contribution in [1.82, 2.24) is 19.5 Å². The van der Waals surface area contributed by atoms with Crippen molar-refractivity contribution < 1.29 is 50.5 Å². The highest BCUT2D eigenvalue weighted by Gasteiger charge is 2.41. The molecular formula is C27H31F3N6O8S. The van der Waals surface area contributed by atoms with E-state index in [1.165, 1.54) is 32.9 Å². The van der Waals surface area contributed by atoms with Gasteiger partial charge in [-0.15, -0.1) is 5.01 Å². The maximum atomic E-state index is 13.5. The molecule has 3 rings (SSSR count). The molecule has 244 valence electrons. The van der Waals surface area contributed by atoms with Crippen molar-refractivity contribution in [3.8, 4) is 16.9 Å². The van der Waals surface area contributed by atoms with E-state index in [2.05, 4.69) is 19.8 Å². The normalized spacial score (nSPS) is 13.1. The Morgan fingerprint density at radius 1 is 1.13 bits per heavy atom. The zero-order chi connectivity index (χ0) is 33.7. The number of carbonyl (C=O) groups is 2. The lowest BCUT2D eigenvalue weighted by Crippen LogP contribution is -2.56. The van der Waals surface area contributed by atoms with Gasteiger partial charge in [0.25, 0.3) is 22.2 Å². The van der Waals surface area contributed by atoms with E-state index < -0.39 is 50.7 Å². The predicted molar refractivity (Wildman–Crippen MR) is 151 cm³/mol. The number of halogens is 3. The summed E-state index contributed by atoms with van der Waals surface area (Å²) in [7, 11) is -3.39. The molecule has 0 radical (unpaired) electrons. The first-order valence-corrected chi connectivity index (χ1v) is 14.7. The van der Waals surface area contributed by atoms with Gasteiger partial charge >= 0.3 is 12.3 Å². The van der Waals surface area contributed by atoms with Gasteiger partial charge in [-0.25, -0.2) is 22.6 Å². The molecular weight excluding hydrogens is 625 g/mol. The Labute approximate surface area is 256 Å². The van der Waals surface area contributed by atoms with Crippen LogP contribution < -0.4 is 4.72 Å². The molecule has 1 atom stereocenters. The van der Waals surface area contributed by atoms with Crippen molar-refractivity contribution in [2.45, 2.75) is 57.5 Å². The maximum absolute atomic E-state index is 13.5. The minimum absolute atomic E-state index is 0.0392. The molecule has 0 saturated heterocycles. The third-order valence-electron chi connectivity index (χ3n) is 6.38. The van der Waals surface area contributed by atoms with Gasteiger partial charge in [-0.3, -0.25) is 9.63 Å². The third-order valence-corrected chi connectivity index (χ3v) is 7.72. The smallest absolute Gasteiger partial charge is 0.511 e. The highest BCUT2D eigenvalue weighted by Crippen LogP contribution is 2.33. The van der Waals surface area contributed by atoms with Gasteiger partial charge in [-0.1, -0.05) is 29.8 Å². The fourth-order valence-electron chi connectivity index (χ4n) is 3.55. The molecule has 18 heteroatoms. The SMILES string of the molecule is CCOC(=O)OC(C)O/N=[N+](\[O-])N(C)C(C)(C)C(=O)NS(=O)(=O)c1ccc(-n2nc(C(F)(F)F)cc2-c2ccc(C)cc2)cc1. The van der Waals surface area contributed by atoms with E-state index in [1.807, 2.05) is 11.6 Å². The van der Waals surface area contributed by atoms with Crippen LogP contribution in [0.5, 0.6) is 0 Å². The Balaban J connectivity index is 1.79. The molecule has 14 nitrogen and oxygen atoms in total. The van der Waals surface area contributed by atoms with E-state index in [9.17, 15) is 36.4 Å². The highest BCUT2D eigenvalue weighted by molar-refractivity contribution is 7.90. The average molecular weight is 657 g/mol. The van der Waals surface area contributed by atoms with Gasteiger partial charge in [0.1, 0.15) is 0 Å². The van der Waals surface area contributed by atoms with Gasteiger partial charge in [0.05, 0.1) is 34.9 Å². The number of hydrogen-bond donors (Lipinski definition) is 1. The summed E-state index contributed by atoms with van der Waals surface area (Å²) in [4.78, 5) is 28.5. The summed E-state index contributed by atoms with van der Waals surface area (Å²) in [5, 5.41) is 20.0. The second-order valence-corrected chi connectivity index (χ2v) is 11.7. The van der Waals surface area contributed by atoms with Gasteiger partial charge in [-0.2, -0.15) is 18.3 Å². The molecule has 0 aliphatic rings. The van der Waals surface area contributed by atoms with Crippen molar-refractivity contribution in [2.75, 3.05) is 13.7 Å². The molecule has 0 bridgehead atoms. The van der Waals surface area contributed by atoms with E-state index in [0.717, 1.165) is 35.5 Å². The lowest BCUT2D eigenvalue weighted by atomic mass is 10.1. The largest absolute Gasteiger partial charge is 0.569 e. The number of rotatable bonds is 11. The van der Waals surface area contributed by atoms with Crippen molar-refractivity contribution >= 4 is 22.1 Å². The van der Waals surface area contributed by atoms with Crippen LogP contribution in [-0.4, -0.2) is 65.7 Å². The lowest BCUT2D eigenvalue weighted by Gasteiger charge is -2.29. The van der Waals surface area contributed by atoms with Crippen LogP contribution in [-0.2, 0) is 35.3 Å². The zero-order valence-corrected chi connectivity index (χ0v) is 25.8. The number of alkyl halides is 3. The third kappa shape index (κ3) is 8.40. The summed E-state index contributed by atoms with van der Waals surface area (Å²) in [6.45, 7) is 7.11. The monoisotopic (exact) mass is 656 g/mol. The number of sulfonamides is 1. The van der Waals surface area contributed by atoms with E-state index in [1.54, 1.807) is 31.2 Å². The molecule has 0 fully saturated rings. The van der Waals surface area contributed by atoms with E-state index in [4.69, 9.17) is 4.84 Å². The fraction of sp³-hybridized carbons (Fsp3) is 0.370. The number of amides is 1. The van der Waals surface area contributed by atoms with Crippen LogP contribution in [0.3, 0.4) is 0 Å². The number of aryl methyl sites for hydroxylation is 1. The minimum atomic E-state index is -4.73. The van der Waals surface area contributed by atoms with Crippen LogP contribution in [0, 0.1) is 12.1 Å². The molecule has 0 aliphatic carbocycles. The number of hydrogen-bond acceptors (Lipinski definition) is 10. The molecule has 45 heavy (non-hydrogen) atoms. The van der Waals surface area contributed by atoms with Crippen LogP contribution in [0.2, 0.25) is 0 Å². The Hall–Kier alpha value is -4.87. The van der Waals surface area contributed by atoms with Crippen LogP contribution in [0.25, 0.3) is 16.9 Å². The average Bonchev–Trinajstić information content (AvgIpc) is 3.42. The Kier molecular flexibility index (Phi) is 10.3. The summed E-state index contributed by atoms with van der Waals surface area (Å²) >= 11 is 0. The predicted octanol–water partition coefficient (Wildman–Crippen LogP) is 4.71. The quantitative estimate of drug-likeness (QED) is 0.100. The number of carbonyl (C=O) groups excluding carboxylic acids is 2. The van der Waals surface area contributed by atoms with Crippen molar-refractivity contribution in [1.29, 1.82) is 0 Å². The summed E-state index contributed by atoms with van der Waals surface area (Å²) in [6, 6.07) is 12.3. The molecule has 1 aromatic heterocycles. The maximum Gasteiger partial charge on any atom is 0.511 e. The summed E-state index contributed by atoms with van der Waals surface area (Å²) in [5.41, 5.74) is -1.37. The first kappa shape index (κ1) is 34.6.